The van der Waals surface area contributed by atoms with Crippen molar-refractivity contribution in [3.63, 3.8) is 0 Å². The molecule has 26 heavy (non-hydrogen) atoms. The summed E-state index contributed by atoms with van der Waals surface area (Å²) < 4.78 is 5.85. The summed E-state index contributed by atoms with van der Waals surface area (Å²) in [7, 11) is 0. The lowest BCUT2D eigenvalue weighted by Gasteiger charge is -1.99. The van der Waals surface area contributed by atoms with Crippen molar-refractivity contribution in [1.82, 2.24) is 5.32 Å². The predicted octanol–water partition coefficient (Wildman–Crippen LogP) is 4.79. The van der Waals surface area contributed by atoms with Gasteiger partial charge in [-0.2, -0.15) is 5.26 Å². The van der Waals surface area contributed by atoms with Crippen LogP contribution in [0.15, 0.2) is 62.8 Å². The van der Waals surface area contributed by atoms with Gasteiger partial charge in [0.2, 0.25) is 6.19 Å². The monoisotopic (exact) mass is 379 g/mol. The van der Waals surface area contributed by atoms with Crippen molar-refractivity contribution in [1.29, 1.82) is 5.26 Å². The number of carbonyl (C=O) groups is 1. The first-order valence-corrected chi connectivity index (χ1v) is 8.79. The Hall–Kier alpha value is -3.01. The van der Waals surface area contributed by atoms with Gasteiger partial charge in [0.1, 0.15) is 11.3 Å². The molecule has 0 radical (unpaired) electrons. The molecule has 1 N–H and O–H groups in total. The molecule has 0 aliphatic carbocycles. The Bertz CT molecular complexity index is 1120. The SMILES string of the molecule is N#C/N=C1\NC(=O)/C(=C/c2ccc(-c3cc4cc(Cl)ccc4o3)cc2)S1. The summed E-state index contributed by atoms with van der Waals surface area (Å²) in [5.41, 5.74) is 2.57. The number of amides is 1. The number of carbonyl (C=O) groups excluding carboxylic acids is 1. The molecule has 0 saturated carbocycles. The number of halogens is 1. The lowest BCUT2D eigenvalue weighted by Crippen LogP contribution is -2.19. The highest BCUT2D eigenvalue weighted by molar-refractivity contribution is 8.18. The zero-order chi connectivity index (χ0) is 18.1. The smallest absolute Gasteiger partial charge is 0.264 e. The van der Waals surface area contributed by atoms with Crippen molar-refractivity contribution >= 4 is 51.5 Å². The van der Waals surface area contributed by atoms with E-state index in [2.05, 4.69) is 10.3 Å². The molecule has 4 rings (SSSR count). The van der Waals surface area contributed by atoms with Gasteiger partial charge in [0, 0.05) is 16.0 Å². The lowest BCUT2D eigenvalue weighted by atomic mass is 10.1. The number of nitriles is 1. The molecule has 5 nitrogen and oxygen atoms in total. The third kappa shape index (κ3) is 3.23. The van der Waals surface area contributed by atoms with E-state index in [1.807, 2.05) is 42.5 Å². The van der Waals surface area contributed by atoms with Gasteiger partial charge in [-0.1, -0.05) is 35.9 Å². The van der Waals surface area contributed by atoms with Crippen LogP contribution in [-0.2, 0) is 4.79 Å². The zero-order valence-corrected chi connectivity index (χ0v) is 14.8. The Labute approximate surface area is 158 Å². The van der Waals surface area contributed by atoms with Crippen molar-refractivity contribution in [2.75, 3.05) is 0 Å². The predicted molar refractivity (Wildman–Crippen MR) is 103 cm³/mol. The molecule has 1 aliphatic rings. The Kier molecular flexibility index (Phi) is 4.25. The fourth-order valence-electron chi connectivity index (χ4n) is 2.58. The lowest BCUT2D eigenvalue weighted by molar-refractivity contribution is -0.115. The van der Waals surface area contributed by atoms with Crippen molar-refractivity contribution in [3.05, 3.63) is 64.0 Å². The van der Waals surface area contributed by atoms with E-state index < -0.39 is 0 Å². The molecular formula is C19H10ClN3O2S. The molecular weight excluding hydrogens is 370 g/mol. The van der Waals surface area contributed by atoms with Crippen LogP contribution in [0.2, 0.25) is 5.02 Å². The summed E-state index contributed by atoms with van der Waals surface area (Å²) in [6.07, 6.45) is 3.41. The number of hydrogen-bond donors (Lipinski definition) is 1. The van der Waals surface area contributed by atoms with Gasteiger partial charge in [-0.05, 0) is 47.7 Å². The highest BCUT2D eigenvalue weighted by Gasteiger charge is 2.23. The van der Waals surface area contributed by atoms with Crippen LogP contribution in [-0.4, -0.2) is 11.1 Å². The topological polar surface area (TPSA) is 78.4 Å². The van der Waals surface area contributed by atoms with Crippen LogP contribution in [0.3, 0.4) is 0 Å². The summed E-state index contributed by atoms with van der Waals surface area (Å²) in [6, 6.07) is 15.1. The molecule has 1 aliphatic heterocycles. The fraction of sp³-hybridized carbons (Fsp3) is 0. The van der Waals surface area contributed by atoms with E-state index in [0.717, 1.165) is 39.6 Å². The zero-order valence-electron chi connectivity index (χ0n) is 13.2. The second kappa shape index (κ2) is 6.71. The normalized spacial score (nSPS) is 17.0. The van der Waals surface area contributed by atoms with Crippen molar-refractivity contribution in [3.8, 4) is 17.5 Å². The second-order valence-corrected chi connectivity index (χ2v) is 6.96. The molecule has 0 unspecified atom stereocenters. The molecule has 126 valence electrons. The number of aliphatic imine (C=N–C) groups is 1. The molecule has 1 aromatic heterocycles. The average molecular weight is 380 g/mol. The van der Waals surface area contributed by atoms with Gasteiger partial charge in [0.05, 0.1) is 4.91 Å². The molecule has 2 aromatic carbocycles. The van der Waals surface area contributed by atoms with Gasteiger partial charge in [0.15, 0.2) is 5.17 Å². The first-order valence-electron chi connectivity index (χ1n) is 7.59. The summed E-state index contributed by atoms with van der Waals surface area (Å²) in [5, 5.41) is 13.0. The van der Waals surface area contributed by atoms with E-state index in [0.29, 0.717) is 15.1 Å². The van der Waals surface area contributed by atoms with Crippen LogP contribution in [0.5, 0.6) is 0 Å². The number of furan rings is 1. The summed E-state index contributed by atoms with van der Waals surface area (Å²) in [5.74, 6) is 0.486. The van der Waals surface area contributed by atoms with Gasteiger partial charge < -0.3 is 4.42 Å². The standard InChI is InChI=1S/C19H10ClN3O2S/c20-14-5-6-15-13(8-14)9-16(25-15)12-3-1-11(2-4-12)7-17-18(24)23-19(26-17)22-10-21/h1-9H,(H,22,23,24)/b17-7-. The fourth-order valence-corrected chi connectivity index (χ4v) is 3.54. The molecule has 0 atom stereocenters. The Morgan fingerprint density at radius 2 is 2.00 bits per heavy atom. The maximum atomic E-state index is 11.9. The van der Waals surface area contributed by atoms with E-state index in [9.17, 15) is 4.79 Å². The van der Waals surface area contributed by atoms with Crippen molar-refractivity contribution in [2.45, 2.75) is 0 Å². The minimum absolute atomic E-state index is 0.262. The summed E-state index contributed by atoms with van der Waals surface area (Å²) >= 11 is 7.15. The quantitative estimate of drug-likeness (QED) is 0.512. The number of thioether (sulfide) groups is 1. The first-order chi connectivity index (χ1) is 12.6. The molecule has 2 heterocycles. The largest absolute Gasteiger partial charge is 0.456 e. The number of hydrogen-bond acceptors (Lipinski definition) is 5. The Morgan fingerprint density at radius 1 is 1.19 bits per heavy atom. The maximum absolute atomic E-state index is 11.9. The minimum atomic E-state index is -0.262. The van der Waals surface area contributed by atoms with Gasteiger partial charge >= 0.3 is 0 Å². The number of rotatable bonds is 2. The van der Waals surface area contributed by atoms with E-state index in [4.69, 9.17) is 21.3 Å². The molecule has 1 amide bonds. The van der Waals surface area contributed by atoms with E-state index >= 15 is 0 Å². The van der Waals surface area contributed by atoms with Crippen LogP contribution in [0.1, 0.15) is 5.56 Å². The second-order valence-electron chi connectivity index (χ2n) is 5.50. The molecule has 0 spiro atoms. The van der Waals surface area contributed by atoms with Gasteiger partial charge in [-0.3, -0.25) is 10.1 Å². The summed E-state index contributed by atoms with van der Waals surface area (Å²) in [4.78, 5) is 15.9. The molecule has 1 fully saturated rings. The van der Waals surface area contributed by atoms with E-state index in [1.165, 1.54) is 0 Å². The highest BCUT2D eigenvalue weighted by atomic mass is 35.5. The number of nitrogens with zero attached hydrogens (tertiary/aromatic N) is 2. The third-order valence-corrected chi connectivity index (χ3v) is 4.92. The van der Waals surface area contributed by atoms with Crippen LogP contribution < -0.4 is 5.32 Å². The molecule has 7 heteroatoms. The molecule has 1 saturated heterocycles. The van der Waals surface area contributed by atoms with Crippen LogP contribution in [0, 0.1) is 11.5 Å². The first kappa shape index (κ1) is 16.5. The van der Waals surface area contributed by atoms with Gasteiger partial charge in [0.25, 0.3) is 5.91 Å². The minimum Gasteiger partial charge on any atom is -0.456 e. The Balaban J connectivity index is 1.60. The van der Waals surface area contributed by atoms with Crippen LogP contribution >= 0.6 is 23.4 Å². The van der Waals surface area contributed by atoms with Crippen LogP contribution in [0.4, 0.5) is 0 Å². The molecule has 3 aromatic rings. The molecule has 0 bridgehead atoms. The average Bonchev–Trinajstić information content (AvgIpc) is 3.19. The number of fused-ring (bicyclic) bond motifs is 1. The number of nitrogens with one attached hydrogen (secondary N) is 1. The number of benzene rings is 2. The van der Waals surface area contributed by atoms with Crippen LogP contribution in [0.25, 0.3) is 28.4 Å². The third-order valence-electron chi connectivity index (χ3n) is 3.77. The van der Waals surface area contributed by atoms with E-state index in [1.54, 1.807) is 18.3 Å². The highest BCUT2D eigenvalue weighted by Crippen LogP contribution is 2.31. The van der Waals surface area contributed by atoms with Crippen molar-refractivity contribution in [2.24, 2.45) is 4.99 Å². The maximum Gasteiger partial charge on any atom is 0.264 e. The van der Waals surface area contributed by atoms with Gasteiger partial charge in [-0.25, -0.2) is 0 Å². The Morgan fingerprint density at radius 3 is 2.77 bits per heavy atom. The number of amidine groups is 1. The summed E-state index contributed by atoms with van der Waals surface area (Å²) in [6.45, 7) is 0. The van der Waals surface area contributed by atoms with Crippen molar-refractivity contribution < 1.29 is 9.21 Å². The van der Waals surface area contributed by atoms with Gasteiger partial charge in [-0.15, -0.1) is 4.99 Å². The van der Waals surface area contributed by atoms with E-state index in [-0.39, 0.29) is 5.91 Å².